The standard InChI is InChI=1S/C26H23Cl2FN2O3/c1-34-19-8-9-20-21(14-30-11-10-16-4-2-3-5-22(16)27)25(26(32)33)31(24(20)13-19)15-17-6-7-18(29)12-23(17)28/h2-9,12-13,30H,10-11,14-15H2,1H3,(H,32,33). The van der Waals surface area contributed by atoms with Crippen molar-refractivity contribution in [1.82, 2.24) is 9.88 Å². The van der Waals surface area contributed by atoms with Crippen LogP contribution < -0.4 is 10.1 Å². The minimum absolute atomic E-state index is 0.147. The van der Waals surface area contributed by atoms with E-state index in [0.29, 0.717) is 46.9 Å². The number of aromatic carboxylic acids is 1. The number of benzene rings is 3. The van der Waals surface area contributed by atoms with Gasteiger partial charge in [-0.2, -0.15) is 0 Å². The van der Waals surface area contributed by atoms with Gasteiger partial charge in [0.2, 0.25) is 0 Å². The third kappa shape index (κ3) is 5.04. The first kappa shape index (κ1) is 24.1. The van der Waals surface area contributed by atoms with Crippen molar-refractivity contribution in [3.8, 4) is 5.75 Å². The van der Waals surface area contributed by atoms with Gasteiger partial charge in [-0.3, -0.25) is 0 Å². The lowest BCUT2D eigenvalue weighted by Crippen LogP contribution is -2.19. The fourth-order valence-electron chi connectivity index (χ4n) is 4.07. The zero-order chi connectivity index (χ0) is 24.2. The molecule has 34 heavy (non-hydrogen) atoms. The summed E-state index contributed by atoms with van der Waals surface area (Å²) in [6.45, 7) is 1.14. The Labute approximate surface area is 206 Å². The van der Waals surface area contributed by atoms with Crippen LogP contribution in [0.15, 0.2) is 60.7 Å². The summed E-state index contributed by atoms with van der Waals surface area (Å²) in [5, 5.41) is 15.2. The Kier molecular flexibility index (Phi) is 7.41. The average Bonchev–Trinajstić information content (AvgIpc) is 3.12. The lowest BCUT2D eigenvalue weighted by atomic mass is 10.1. The highest BCUT2D eigenvalue weighted by atomic mass is 35.5. The van der Waals surface area contributed by atoms with Crippen molar-refractivity contribution in [1.29, 1.82) is 0 Å². The summed E-state index contributed by atoms with van der Waals surface area (Å²) >= 11 is 12.5. The van der Waals surface area contributed by atoms with Crippen molar-refractivity contribution in [2.24, 2.45) is 0 Å². The number of aromatic nitrogens is 1. The van der Waals surface area contributed by atoms with Crippen LogP contribution in [0, 0.1) is 5.82 Å². The Morgan fingerprint density at radius 2 is 1.85 bits per heavy atom. The monoisotopic (exact) mass is 500 g/mol. The van der Waals surface area contributed by atoms with Gasteiger partial charge in [-0.05, 0) is 54.4 Å². The van der Waals surface area contributed by atoms with Crippen LogP contribution in [0.3, 0.4) is 0 Å². The summed E-state index contributed by atoms with van der Waals surface area (Å²) in [5.41, 5.74) is 3.13. The number of ether oxygens (including phenoxy) is 1. The number of nitrogens with one attached hydrogen (secondary N) is 1. The normalized spacial score (nSPS) is 11.2. The molecule has 0 aliphatic carbocycles. The van der Waals surface area contributed by atoms with Crippen LogP contribution in [0.2, 0.25) is 10.0 Å². The van der Waals surface area contributed by atoms with Crippen LogP contribution in [0.5, 0.6) is 5.75 Å². The zero-order valence-corrected chi connectivity index (χ0v) is 20.0. The molecule has 1 heterocycles. The van der Waals surface area contributed by atoms with Crippen molar-refractivity contribution in [3.63, 3.8) is 0 Å². The smallest absolute Gasteiger partial charge is 0.352 e. The Bertz CT molecular complexity index is 1350. The highest BCUT2D eigenvalue weighted by Crippen LogP contribution is 2.32. The van der Waals surface area contributed by atoms with Gasteiger partial charge in [-0.1, -0.05) is 47.5 Å². The van der Waals surface area contributed by atoms with Gasteiger partial charge >= 0.3 is 5.97 Å². The van der Waals surface area contributed by atoms with E-state index in [-0.39, 0.29) is 17.3 Å². The molecule has 0 aliphatic rings. The number of methoxy groups -OCH3 is 1. The SMILES string of the molecule is COc1ccc2c(CNCCc3ccccc3Cl)c(C(=O)O)n(Cc3ccc(F)cc3Cl)c2c1. The molecule has 176 valence electrons. The maximum atomic E-state index is 13.6. The Morgan fingerprint density at radius 1 is 1.06 bits per heavy atom. The largest absolute Gasteiger partial charge is 0.497 e. The molecule has 0 fully saturated rings. The molecule has 0 saturated heterocycles. The van der Waals surface area contributed by atoms with Crippen LogP contribution in [0.4, 0.5) is 4.39 Å². The minimum Gasteiger partial charge on any atom is -0.497 e. The third-order valence-electron chi connectivity index (χ3n) is 5.75. The van der Waals surface area contributed by atoms with Gasteiger partial charge in [-0.15, -0.1) is 0 Å². The molecular weight excluding hydrogens is 478 g/mol. The molecule has 0 saturated carbocycles. The number of hydrogen-bond acceptors (Lipinski definition) is 3. The Balaban J connectivity index is 1.70. The van der Waals surface area contributed by atoms with Crippen molar-refractivity contribution in [2.45, 2.75) is 19.5 Å². The van der Waals surface area contributed by atoms with E-state index in [1.165, 1.54) is 12.1 Å². The Hall–Kier alpha value is -3.06. The molecule has 8 heteroatoms. The quantitative estimate of drug-likeness (QED) is 0.269. The van der Waals surface area contributed by atoms with E-state index in [9.17, 15) is 14.3 Å². The van der Waals surface area contributed by atoms with Crippen molar-refractivity contribution in [2.75, 3.05) is 13.7 Å². The lowest BCUT2D eigenvalue weighted by Gasteiger charge is -2.12. The van der Waals surface area contributed by atoms with Gasteiger partial charge < -0.3 is 19.7 Å². The fourth-order valence-corrected chi connectivity index (χ4v) is 4.53. The van der Waals surface area contributed by atoms with Crippen LogP contribution in [0.1, 0.15) is 27.2 Å². The summed E-state index contributed by atoms with van der Waals surface area (Å²) in [7, 11) is 1.56. The van der Waals surface area contributed by atoms with Crippen LogP contribution in [-0.2, 0) is 19.5 Å². The van der Waals surface area contributed by atoms with Gasteiger partial charge in [0.25, 0.3) is 0 Å². The van der Waals surface area contributed by atoms with Crippen LogP contribution in [0.25, 0.3) is 10.9 Å². The molecule has 0 bridgehead atoms. The van der Waals surface area contributed by atoms with Crippen LogP contribution in [-0.4, -0.2) is 29.3 Å². The molecular formula is C26H23Cl2FN2O3. The molecule has 0 atom stereocenters. The molecule has 5 nitrogen and oxygen atoms in total. The van der Waals surface area contributed by atoms with E-state index in [1.54, 1.807) is 29.9 Å². The number of nitrogens with zero attached hydrogens (tertiary/aromatic N) is 1. The zero-order valence-electron chi connectivity index (χ0n) is 18.4. The van der Waals surface area contributed by atoms with Gasteiger partial charge in [0.15, 0.2) is 0 Å². The number of rotatable bonds is 9. The first-order valence-corrected chi connectivity index (χ1v) is 11.4. The molecule has 2 N–H and O–H groups in total. The predicted octanol–water partition coefficient (Wildman–Crippen LogP) is 6.17. The van der Waals surface area contributed by atoms with E-state index in [4.69, 9.17) is 27.9 Å². The number of carboxylic acid groups (broad SMARTS) is 1. The van der Waals surface area contributed by atoms with Gasteiger partial charge in [-0.25, -0.2) is 9.18 Å². The Morgan fingerprint density at radius 3 is 2.56 bits per heavy atom. The van der Waals surface area contributed by atoms with E-state index in [1.807, 2.05) is 30.3 Å². The lowest BCUT2D eigenvalue weighted by molar-refractivity contribution is 0.0684. The predicted molar refractivity (Wildman–Crippen MR) is 133 cm³/mol. The molecule has 0 radical (unpaired) electrons. The van der Waals surface area contributed by atoms with Crippen molar-refractivity contribution >= 4 is 40.1 Å². The van der Waals surface area contributed by atoms with Gasteiger partial charge in [0, 0.05) is 40.2 Å². The topological polar surface area (TPSA) is 63.5 Å². The molecule has 0 unspecified atom stereocenters. The number of hydrogen-bond donors (Lipinski definition) is 2. The molecule has 0 spiro atoms. The maximum absolute atomic E-state index is 13.6. The molecule has 0 amide bonds. The van der Waals surface area contributed by atoms with E-state index >= 15 is 0 Å². The first-order chi connectivity index (χ1) is 16.4. The highest BCUT2D eigenvalue weighted by Gasteiger charge is 2.23. The molecule has 1 aromatic heterocycles. The van der Waals surface area contributed by atoms with E-state index in [0.717, 1.165) is 10.9 Å². The van der Waals surface area contributed by atoms with Gasteiger partial charge in [0.05, 0.1) is 12.6 Å². The van der Waals surface area contributed by atoms with E-state index in [2.05, 4.69) is 5.32 Å². The fraction of sp³-hybridized carbons (Fsp3) is 0.192. The number of fused-ring (bicyclic) bond motifs is 1. The third-order valence-corrected chi connectivity index (χ3v) is 6.47. The van der Waals surface area contributed by atoms with E-state index < -0.39 is 11.8 Å². The second-order valence-corrected chi connectivity index (χ2v) is 8.67. The van der Waals surface area contributed by atoms with Crippen molar-refractivity contribution < 1.29 is 19.0 Å². The minimum atomic E-state index is -1.06. The summed E-state index contributed by atoms with van der Waals surface area (Å²) in [6.07, 6.45) is 0.708. The first-order valence-electron chi connectivity index (χ1n) is 10.7. The maximum Gasteiger partial charge on any atom is 0.352 e. The summed E-state index contributed by atoms with van der Waals surface area (Å²) < 4.78 is 20.6. The number of carboxylic acids is 1. The average molecular weight is 501 g/mol. The van der Waals surface area contributed by atoms with Crippen molar-refractivity contribution in [3.05, 3.63) is 98.9 Å². The summed E-state index contributed by atoms with van der Waals surface area (Å²) in [4.78, 5) is 12.4. The molecule has 0 aliphatic heterocycles. The number of carbonyl (C=O) groups is 1. The number of halogens is 3. The second-order valence-electron chi connectivity index (χ2n) is 7.86. The molecule has 4 aromatic rings. The second kappa shape index (κ2) is 10.5. The molecule has 3 aromatic carbocycles. The summed E-state index contributed by atoms with van der Waals surface area (Å²) in [6, 6.07) is 17.2. The van der Waals surface area contributed by atoms with Crippen LogP contribution >= 0.6 is 23.2 Å². The summed E-state index contributed by atoms with van der Waals surface area (Å²) in [5.74, 6) is -0.905. The molecule has 4 rings (SSSR count). The van der Waals surface area contributed by atoms with Gasteiger partial charge in [0.1, 0.15) is 17.3 Å². The highest BCUT2D eigenvalue weighted by molar-refractivity contribution is 6.31.